The highest BCUT2D eigenvalue weighted by Crippen LogP contribution is 2.28. The summed E-state index contributed by atoms with van der Waals surface area (Å²) >= 11 is 0. The lowest BCUT2D eigenvalue weighted by Gasteiger charge is -2.14. The van der Waals surface area contributed by atoms with Gasteiger partial charge in [-0.25, -0.2) is 9.97 Å². The van der Waals surface area contributed by atoms with Gasteiger partial charge in [-0.3, -0.25) is 4.90 Å². The standard InChI is InChI=1S/C23H24N4O2/c1-17-21(15-26(2)16-22-24-12-13-27(22)3)25-23(28-17)18-8-7-11-20(14-18)29-19-9-5-4-6-10-19/h4-14H,15-16H2,1-3H3. The van der Waals surface area contributed by atoms with Crippen molar-refractivity contribution in [1.82, 2.24) is 19.4 Å². The van der Waals surface area contributed by atoms with Gasteiger partial charge in [0.15, 0.2) is 0 Å². The third-order valence-corrected chi connectivity index (χ3v) is 4.70. The van der Waals surface area contributed by atoms with E-state index in [9.17, 15) is 0 Å². The number of oxazole rings is 1. The molecule has 0 atom stereocenters. The van der Waals surface area contributed by atoms with E-state index in [4.69, 9.17) is 14.1 Å². The smallest absolute Gasteiger partial charge is 0.226 e. The van der Waals surface area contributed by atoms with Crippen LogP contribution in [0, 0.1) is 6.92 Å². The summed E-state index contributed by atoms with van der Waals surface area (Å²) in [5, 5.41) is 0. The lowest BCUT2D eigenvalue weighted by Crippen LogP contribution is -2.20. The van der Waals surface area contributed by atoms with Crippen molar-refractivity contribution in [3.05, 3.63) is 84.3 Å². The minimum Gasteiger partial charge on any atom is -0.457 e. The lowest BCUT2D eigenvalue weighted by atomic mass is 10.2. The number of aromatic nitrogens is 3. The Morgan fingerprint density at radius 2 is 1.83 bits per heavy atom. The molecule has 0 N–H and O–H groups in total. The first-order chi connectivity index (χ1) is 14.1. The second-order valence-corrected chi connectivity index (χ2v) is 7.09. The van der Waals surface area contributed by atoms with Gasteiger partial charge >= 0.3 is 0 Å². The van der Waals surface area contributed by atoms with Crippen molar-refractivity contribution in [1.29, 1.82) is 0 Å². The normalized spacial score (nSPS) is 11.2. The molecular formula is C23H24N4O2. The number of imidazole rings is 1. The summed E-state index contributed by atoms with van der Waals surface area (Å²) in [6, 6.07) is 17.5. The number of hydrogen-bond donors (Lipinski definition) is 0. The second-order valence-electron chi connectivity index (χ2n) is 7.09. The molecule has 2 aromatic heterocycles. The van der Waals surface area contributed by atoms with E-state index in [-0.39, 0.29) is 0 Å². The Morgan fingerprint density at radius 1 is 1.03 bits per heavy atom. The van der Waals surface area contributed by atoms with E-state index < -0.39 is 0 Å². The fraction of sp³-hybridized carbons (Fsp3) is 0.217. The van der Waals surface area contributed by atoms with E-state index in [1.54, 1.807) is 0 Å². The maximum absolute atomic E-state index is 5.95. The average molecular weight is 388 g/mol. The van der Waals surface area contributed by atoms with Crippen molar-refractivity contribution >= 4 is 0 Å². The van der Waals surface area contributed by atoms with Crippen LogP contribution in [-0.4, -0.2) is 26.5 Å². The fourth-order valence-electron chi connectivity index (χ4n) is 3.12. The number of aryl methyl sites for hydroxylation is 2. The highest BCUT2D eigenvalue weighted by Gasteiger charge is 2.15. The maximum Gasteiger partial charge on any atom is 0.226 e. The van der Waals surface area contributed by atoms with Crippen molar-refractivity contribution in [3.63, 3.8) is 0 Å². The monoisotopic (exact) mass is 388 g/mol. The third kappa shape index (κ3) is 4.55. The van der Waals surface area contributed by atoms with Gasteiger partial charge in [0, 0.05) is 31.5 Å². The highest BCUT2D eigenvalue weighted by atomic mass is 16.5. The van der Waals surface area contributed by atoms with Crippen LogP contribution in [0.25, 0.3) is 11.5 Å². The lowest BCUT2D eigenvalue weighted by molar-refractivity contribution is 0.302. The molecule has 0 radical (unpaired) electrons. The predicted molar refractivity (Wildman–Crippen MR) is 112 cm³/mol. The minimum absolute atomic E-state index is 0.599. The van der Waals surface area contributed by atoms with Gasteiger partial charge in [0.2, 0.25) is 5.89 Å². The van der Waals surface area contributed by atoms with E-state index >= 15 is 0 Å². The van der Waals surface area contributed by atoms with Crippen molar-refractivity contribution < 1.29 is 9.15 Å². The van der Waals surface area contributed by atoms with E-state index in [0.29, 0.717) is 12.4 Å². The van der Waals surface area contributed by atoms with Gasteiger partial charge in [0.05, 0.1) is 12.2 Å². The molecule has 0 unspecified atom stereocenters. The Labute approximate surface area is 170 Å². The van der Waals surface area contributed by atoms with Crippen LogP contribution < -0.4 is 4.74 Å². The quantitative estimate of drug-likeness (QED) is 0.455. The summed E-state index contributed by atoms with van der Waals surface area (Å²) in [6.45, 7) is 3.37. The van der Waals surface area contributed by atoms with E-state index in [0.717, 1.165) is 40.9 Å². The van der Waals surface area contributed by atoms with E-state index in [1.807, 2.05) is 85.5 Å². The Kier molecular flexibility index (Phi) is 5.44. The molecule has 0 fully saturated rings. The van der Waals surface area contributed by atoms with Gasteiger partial charge in [-0.05, 0) is 44.3 Å². The molecule has 4 aromatic rings. The molecule has 0 aliphatic carbocycles. The molecule has 4 rings (SSSR count). The molecule has 0 aliphatic heterocycles. The van der Waals surface area contributed by atoms with Crippen LogP contribution in [0.5, 0.6) is 11.5 Å². The zero-order chi connectivity index (χ0) is 20.2. The summed E-state index contributed by atoms with van der Waals surface area (Å²) in [6.07, 6.45) is 3.76. The Bertz CT molecular complexity index is 1090. The molecule has 0 amide bonds. The van der Waals surface area contributed by atoms with Gasteiger partial charge in [0.1, 0.15) is 23.1 Å². The predicted octanol–water partition coefficient (Wildman–Crippen LogP) is 4.81. The van der Waals surface area contributed by atoms with Crippen LogP contribution in [0.2, 0.25) is 0 Å². The SMILES string of the molecule is Cc1oc(-c2cccc(Oc3ccccc3)c2)nc1CN(C)Cc1nccn1C. The summed E-state index contributed by atoms with van der Waals surface area (Å²) < 4.78 is 13.9. The Hall–Kier alpha value is -3.38. The number of hydrogen-bond acceptors (Lipinski definition) is 5. The molecule has 29 heavy (non-hydrogen) atoms. The van der Waals surface area contributed by atoms with Crippen LogP contribution in [0.4, 0.5) is 0 Å². The summed E-state index contributed by atoms with van der Waals surface area (Å²) in [5.41, 5.74) is 1.81. The minimum atomic E-state index is 0.599. The molecule has 6 heteroatoms. The first-order valence-corrected chi connectivity index (χ1v) is 9.53. The molecular weight excluding hydrogens is 364 g/mol. The van der Waals surface area contributed by atoms with Crippen molar-refractivity contribution in [3.8, 4) is 23.0 Å². The Morgan fingerprint density at radius 3 is 2.59 bits per heavy atom. The van der Waals surface area contributed by atoms with Crippen LogP contribution in [0.1, 0.15) is 17.3 Å². The highest BCUT2D eigenvalue weighted by molar-refractivity contribution is 5.57. The third-order valence-electron chi connectivity index (χ3n) is 4.70. The summed E-state index contributed by atoms with van der Waals surface area (Å²) in [5.74, 6) is 3.98. The Balaban J connectivity index is 1.49. The number of rotatable bonds is 7. The number of para-hydroxylation sites is 1. The van der Waals surface area contributed by atoms with E-state index in [1.165, 1.54) is 0 Å². The first-order valence-electron chi connectivity index (χ1n) is 9.53. The molecule has 0 saturated carbocycles. The first kappa shape index (κ1) is 19.0. The van der Waals surface area contributed by atoms with Crippen molar-refractivity contribution in [2.24, 2.45) is 7.05 Å². The maximum atomic E-state index is 5.95. The van der Waals surface area contributed by atoms with Crippen LogP contribution in [0.15, 0.2) is 71.4 Å². The zero-order valence-electron chi connectivity index (χ0n) is 16.9. The van der Waals surface area contributed by atoms with Gasteiger partial charge in [-0.2, -0.15) is 0 Å². The molecule has 0 aliphatic rings. The summed E-state index contributed by atoms with van der Waals surface area (Å²) in [4.78, 5) is 11.3. The zero-order valence-corrected chi connectivity index (χ0v) is 16.9. The molecule has 0 spiro atoms. The average Bonchev–Trinajstić information content (AvgIpc) is 3.28. The van der Waals surface area contributed by atoms with Crippen LogP contribution in [0.3, 0.4) is 0 Å². The second kappa shape index (κ2) is 8.32. The van der Waals surface area contributed by atoms with E-state index in [2.05, 4.69) is 16.9 Å². The van der Waals surface area contributed by atoms with Gasteiger partial charge < -0.3 is 13.7 Å². The van der Waals surface area contributed by atoms with Crippen molar-refractivity contribution in [2.75, 3.05) is 7.05 Å². The number of benzene rings is 2. The number of nitrogens with zero attached hydrogens (tertiary/aromatic N) is 4. The molecule has 2 heterocycles. The molecule has 0 saturated heterocycles. The van der Waals surface area contributed by atoms with Crippen LogP contribution in [-0.2, 0) is 20.1 Å². The molecule has 2 aromatic carbocycles. The van der Waals surface area contributed by atoms with Gasteiger partial charge in [0.25, 0.3) is 0 Å². The molecule has 6 nitrogen and oxygen atoms in total. The molecule has 148 valence electrons. The summed E-state index contributed by atoms with van der Waals surface area (Å²) in [7, 11) is 4.05. The van der Waals surface area contributed by atoms with Gasteiger partial charge in [-0.1, -0.05) is 24.3 Å². The van der Waals surface area contributed by atoms with Crippen LogP contribution >= 0.6 is 0 Å². The fourth-order valence-corrected chi connectivity index (χ4v) is 3.12. The molecule has 0 bridgehead atoms. The largest absolute Gasteiger partial charge is 0.457 e. The van der Waals surface area contributed by atoms with Gasteiger partial charge in [-0.15, -0.1) is 0 Å². The van der Waals surface area contributed by atoms with Crippen molar-refractivity contribution in [2.45, 2.75) is 20.0 Å². The topological polar surface area (TPSA) is 56.3 Å². The number of ether oxygens (including phenoxy) is 1.